The predicted octanol–water partition coefficient (Wildman–Crippen LogP) is -0.747. The fourth-order valence-electron chi connectivity index (χ4n) is 3.11. The van der Waals surface area contributed by atoms with Crippen LogP contribution in [0.1, 0.15) is 25.3 Å². The summed E-state index contributed by atoms with van der Waals surface area (Å²) >= 11 is 0. The summed E-state index contributed by atoms with van der Waals surface area (Å²) in [5, 5.41) is 13.5. The van der Waals surface area contributed by atoms with Crippen molar-refractivity contribution in [1.82, 2.24) is 15.5 Å². The average Bonchev–Trinajstić information content (AvgIpc) is 3.16. The first-order valence-corrected chi connectivity index (χ1v) is 9.19. The van der Waals surface area contributed by atoms with E-state index in [1.54, 1.807) is 0 Å². The third-order valence-corrected chi connectivity index (χ3v) is 4.63. The molecule has 9 heteroatoms. The maximum Gasteiger partial charge on any atom is 0.325 e. The molecule has 1 aromatic carbocycles. The van der Waals surface area contributed by atoms with E-state index in [0.29, 0.717) is 25.8 Å². The van der Waals surface area contributed by atoms with Gasteiger partial charge in [-0.1, -0.05) is 30.3 Å². The van der Waals surface area contributed by atoms with Crippen LogP contribution in [0.3, 0.4) is 0 Å². The molecule has 0 spiro atoms. The van der Waals surface area contributed by atoms with Crippen molar-refractivity contribution in [3.8, 4) is 0 Å². The number of hydrogen-bond donors (Lipinski definition) is 4. The van der Waals surface area contributed by atoms with Gasteiger partial charge >= 0.3 is 5.97 Å². The Hall–Kier alpha value is -2.94. The van der Waals surface area contributed by atoms with E-state index in [1.807, 2.05) is 30.3 Å². The highest BCUT2D eigenvalue weighted by Crippen LogP contribution is 2.19. The fourth-order valence-corrected chi connectivity index (χ4v) is 3.11. The van der Waals surface area contributed by atoms with E-state index < -0.39 is 35.9 Å². The Morgan fingerprint density at radius 1 is 1.25 bits per heavy atom. The van der Waals surface area contributed by atoms with Crippen molar-refractivity contribution in [3.63, 3.8) is 0 Å². The highest BCUT2D eigenvalue weighted by molar-refractivity contribution is 5.93. The van der Waals surface area contributed by atoms with Crippen LogP contribution in [0.5, 0.6) is 0 Å². The van der Waals surface area contributed by atoms with Gasteiger partial charge in [0, 0.05) is 6.54 Å². The molecule has 152 valence electrons. The average molecular weight is 390 g/mol. The summed E-state index contributed by atoms with van der Waals surface area (Å²) in [4.78, 5) is 49.0. The zero-order chi connectivity index (χ0) is 20.7. The number of rotatable bonds is 8. The van der Waals surface area contributed by atoms with E-state index in [1.165, 1.54) is 11.8 Å². The first-order chi connectivity index (χ1) is 13.3. The number of hydrogen-bond acceptors (Lipinski definition) is 5. The van der Waals surface area contributed by atoms with Crippen molar-refractivity contribution in [2.75, 3.05) is 13.1 Å². The van der Waals surface area contributed by atoms with Crippen molar-refractivity contribution in [3.05, 3.63) is 35.9 Å². The molecule has 28 heavy (non-hydrogen) atoms. The SMILES string of the molecule is CC(NC(=O)CNC(=O)C1CCCN1C(=O)C(N)Cc1ccccc1)C(=O)O. The Labute approximate surface area is 163 Å². The molecule has 2 rings (SSSR count). The summed E-state index contributed by atoms with van der Waals surface area (Å²) in [6.45, 7) is 1.40. The molecule has 1 aliphatic rings. The van der Waals surface area contributed by atoms with Crippen molar-refractivity contribution in [2.24, 2.45) is 5.73 Å². The molecule has 5 N–H and O–H groups in total. The van der Waals surface area contributed by atoms with E-state index in [9.17, 15) is 19.2 Å². The van der Waals surface area contributed by atoms with Crippen molar-refractivity contribution in [2.45, 2.75) is 44.3 Å². The Morgan fingerprint density at radius 3 is 2.57 bits per heavy atom. The first-order valence-electron chi connectivity index (χ1n) is 9.19. The van der Waals surface area contributed by atoms with Gasteiger partial charge in [-0.25, -0.2) is 0 Å². The first kappa shape index (κ1) is 21.4. The summed E-state index contributed by atoms with van der Waals surface area (Å²) in [5.74, 6) is -2.53. The van der Waals surface area contributed by atoms with E-state index >= 15 is 0 Å². The van der Waals surface area contributed by atoms with Crippen LogP contribution in [-0.4, -0.2) is 64.9 Å². The molecular formula is C19H26N4O5. The Kier molecular flexibility index (Phi) is 7.51. The molecule has 0 saturated carbocycles. The lowest BCUT2D eigenvalue weighted by Crippen LogP contribution is -2.53. The lowest BCUT2D eigenvalue weighted by Gasteiger charge is -2.26. The molecule has 0 radical (unpaired) electrons. The molecule has 1 aliphatic heterocycles. The molecule has 3 unspecified atom stereocenters. The molecule has 0 aromatic heterocycles. The van der Waals surface area contributed by atoms with Crippen LogP contribution in [0.15, 0.2) is 30.3 Å². The van der Waals surface area contributed by atoms with Gasteiger partial charge in [-0.15, -0.1) is 0 Å². The number of nitrogens with zero attached hydrogens (tertiary/aromatic N) is 1. The summed E-state index contributed by atoms with van der Waals surface area (Å²) < 4.78 is 0. The molecule has 1 heterocycles. The molecule has 0 aliphatic carbocycles. The molecule has 1 saturated heterocycles. The van der Waals surface area contributed by atoms with E-state index in [-0.39, 0.29) is 12.5 Å². The van der Waals surface area contributed by atoms with Gasteiger partial charge in [-0.05, 0) is 31.7 Å². The predicted molar refractivity (Wildman–Crippen MR) is 101 cm³/mol. The number of carbonyl (C=O) groups excluding carboxylic acids is 3. The number of likely N-dealkylation sites (tertiary alicyclic amines) is 1. The monoisotopic (exact) mass is 390 g/mol. The summed E-state index contributed by atoms with van der Waals surface area (Å²) in [5.41, 5.74) is 6.99. The second-order valence-corrected chi connectivity index (χ2v) is 6.83. The van der Waals surface area contributed by atoms with E-state index in [0.717, 1.165) is 5.56 Å². The topological polar surface area (TPSA) is 142 Å². The molecule has 9 nitrogen and oxygen atoms in total. The third-order valence-electron chi connectivity index (χ3n) is 4.63. The second kappa shape index (κ2) is 9.84. The number of amides is 3. The minimum absolute atomic E-state index is 0.301. The fraction of sp³-hybridized carbons (Fsp3) is 0.474. The van der Waals surface area contributed by atoms with Crippen molar-refractivity contribution in [1.29, 1.82) is 0 Å². The van der Waals surface area contributed by atoms with Crippen molar-refractivity contribution < 1.29 is 24.3 Å². The van der Waals surface area contributed by atoms with E-state index in [4.69, 9.17) is 10.8 Å². The molecular weight excluding hydrogens is 364 g/mol. The number of carboxylic acid groups (broad SMARTS) is 1. The molecule has 1 fully saturated rings. The summed E-state index contributed by atoms with van der Waals surface area (Å²) in [7, 11) is 0. The highest BCUT2D eigenvalue weighted by atomic mass is 16.4. The van der Waals surface area contributed by atoms with Crippen LogP contribution in [-0.2, 0) is 25.6 Å². The van der Waals surface area contributed by atoms with Crippen LogP contribution in [0.2, 0.25) is 0 Å². The number of carbonyl (C=O) groups is 4. The van der Waals surface area contributed by atoms with Gasteiger partial charge in [-0.2, -0.15) is 0 Å². The normalized spacial score (nSPS) is 18.2. The number of aliphatic carboxylic acids is 1. The lowest BCUT2D eigenvalue weighted by atomic mass is 10.1. The largest absolute Gasteiger partial charge is 0.480 e. The van der Waals surface area contributed by atoms with Crippen LogP contribution in [0, 0.1) is 0 Å². The molecule has 3 amide bonds. The molecule has 3 atom stereocenters. The summed E-state index contributed by atoms with van der Waals surface area (Å²) in [6.07, 6.45) is 1.53. The third kappa shape index (κ3) is 5.78. The maximum absolute atomic E-state index is 12.7. The minimum Gasteiger partial charge on any atom is -0.480 e. The van der Waals surface area contributed by atoms with Crippen LogP contribution < -0.4 is 16.4 Å². The van der Waals surface area contributed by atoms with Gasteiger partial charge in [0.15, 0.2) is 0 Å². The Bertz CT molecular complexity index is 724. The Morgan fingerprint density at radius 2 is 1.93 bits per heavy atom. The van der Waals surface area contributed by atoms with Gasteiger partial charge in [0.05, 0.1) is 12.6 Å². The van der Waals surface area contributed by atoms with Crippen LogP contribution >= 0.6 is 0 Å². The lowest BCUT2D eigenvalue weighted by molar-refractivity contribution is -0.141. The number of carboxylic acids is 1. The van der Waals surface area contributed by atoms with Crippen LogP contribution in [0.4, 0.5) is 0 Å². The van der Waals surface area contributed by atoms with Gasteiger partial charge in [0.25, 0.3) is 0 Å². The quantitative estimate of drug-likeness (QED) is 0.460. The minimum atomic E-state index is -1.17. The Balaban J connectivity index is 1.88. The second-order valence-electron chi connectivity index (χ2n) is 6.83. The van der Waals surface area contributed by atoms with E-state index in [2.05, 4.69) is 10.6 Å². The van der Waals surface area contributed by atoms with Gasteiger partial charge in [-0.3, -0.25) is 19.2 Å². The van der Waals surface area contributed by atoms with Gasteiger partial charge in [0.2, 0.25) is 17.7 Å². The smallest absolute Gasteiger partial charge is 0.325 e. The highest BCUT2D eigenvalue weighted by Gasteiger charge is 2.36. The number of benzene rings is 1. The maximum atomic E-state index is 12.7. The van der Waals surface area contributed by atoms with Crippen molar-refractivity contribution >= 4 is 23.7 Å². The van der Waals surface area contributed by atoms with Crippen LogP contribution in [0.25, 0.3) is 0 Å². The molecule has 0 bridgehead atoms. The van der Waals surface area contributed by atoms with Gasteiger partial charge in [0.1, 0.15) is 12.1 Å². The number of nitrogens with two attached hydrogens (primary N) is 1. The zero-order valence-corrected chi connectivity index (χ0v) is 15.8. The standard InChI is InChI=1S/C19H26N4O5/c1-12(19(27)28)22-16(24)11-21-17(25)15-8-5-9-23(15)18(26)14(20)10-13-6-3-2-4-7-13/h2-4,6-7,12,14-15H,5,8-11,20H2,1H3,(H,21,25)(H,22,24)(H,27,28). The van der Waals surface area contributed by atoms with Gasteiger partial charge < -0.3 is 26.4 Å². The number of nitrogens with one attached hydrogen (secondary N) is 2. The molecule has 1 aromatic rings. The zero-order valence-electron chi connectivity index (χ0n) is 15.8. The summed E-state index contributed by atoms with van der Waals surface area (Å²) in [6, 6.07) is 6.91.